The van der Waals surface area contributed by atoms with Gasteiger partial charge in [-0.1, -0.05) is 225 Å². The van der Waals surface area contributed by atoms with Crippen LogP contribution in [-0.4, -0.2) is 37.9 Å². The third kappa shape index (κ3) is 47.1. The van der Waals surface area contributed by atoms with Crippen molar-refractivity contribution in [3.63, 3.8) is 0 Å². The number of carbonyl (C=O) groups is 2. The first-order chi connectivity index (χ1) is 28.6. The molecule has 0 spiro atoms. The molecular weight excluding hydrogens is 717 g/mol. The van der Waals surface area contributed by atoms with Gasteiger partial charge in [-0.15, -0.1) is 0 Å². The Kier molecular flexibility index (Phi) is 48.4. The lowest BCUT2D eigenvalue weighted by Gasteiger charge is -2.18. The molecule has 0 fully saturated rings. The third-order valence-corrected chi connectivity index (χ3v) is 11.5. The maximum absolute atomic E-state index is 12.7. The van der Waals surface area contributed by atoms with Gasteiger partial charge in [-0.05, 0) is 64.2 Å². The first-order valence-corrected chi connectivity index (χ1v) is 25.9. The Labute approximate surface area is 362 Å². The van der Waals surface area contributed by atoms with Crippen molar-refractivity contribution in [3.05, 3.63) is 24.3 Å². The second-order valence-corrected chi connectivity index (χ2v) is 17.4. The minimum Gasteiger partial charge on any atom is -0.462 e. The summed E-state index contributed by atoms with van der Waals surface area (Å²) in [6, 6.07) is 0. The highest BCUT2D eigenvalue weighted by molar-refractivity contribution is 5.70. The normalized spacial score (nSPS) is 12.3. The number of hydrogen-bond donors (Lipinski definition) is 0. The Morgan fingerprint density at radius 1 is 0.362 bits per heavy atom. The molecular formula is C53H100O5. The topological polar surface area (TPSA) is 61.8 Å². The third-order valence-electron chi connectivity index (χ3n) is 11.5. The number of hydrogen-bond acceptors (Lipinski definition) is 5. The Bertz CT molecular complexity index is 882. The van der Waals surface area contributed by atoms with E-state index in [9.17, 15) is 9.59 Å². The molecule has 0 heterocycles. The summed E-state index contributed by atoms with van der Waals surface area (Å²) in [5.41, 5.74) is 0. The maximum atomic E-state index is 12.7. The maximum Gasteiger partial charge on any atom is 0.306 e. The molecule has 5 heteroatoms. The van der Waals surface area contributed by atoms with E-state index in [1.165, 1.54) is 186 Å². The molecule has 58 heavy (non-hydrogen) atoms. The van der Waals surface area contributed by atoms with E-state index in [0.717, 1.165) is 57.8 Å². The Morgan fingerprint density at radius 3 is 1.10 bits per heavy atom. The molecule has 0 amide bonds. The lowest BCUT2D eigenvalue weighted by atomic mass is 10.0. The molecule has 342 valence electrons. The first kappa shape index (κ1) is 56.4. The molecule has 0 aromatic rings. The molecule has 0 aliphatic heterocycles. The summed E-state index contributed by atoms with van der Waals surface area (Å²) in [5.74, 6) is -0.403. The van der Waals surface area contributed by atoms with Crippen molar-refractivity contribution >= 4 is 11.9 Å². The molecule has 0 saturated heterocycles. The van der Waals surface area contributed by atoms with E-state index in [4.69, 9.17) is 14.2 Å². The smallest absolute Gasteiger partial charge is 0.306 e. The highest BCUT2D eigenvalue weighted by atomic mass is 16.6. The fourth-order valence-electron chi connectivity index (χ4n) is 7.55. The number of carbonyl (C=O) groups excluding carboxylic acids is 2. The van der Waals surface area contributed by atoms with Crippen LogP contribution in [0, 0.1) is 0 Å². The van der Waals surface area contributed by atoms with Crippen LogP contribution in [0.3, 0.4) is 0 Å². The largest absolute Gasteiger partial charge is 0.462 e. The molecule has 0 aromatic carbocycles. The summed E-state index contributed by atoms with van der Waals surface area (Å²) in [7, 11) is 0. The van der Waals surface area contributed by atoms with E-state index in [2.05, 4.69) is 45.1 Å². The van der Waals surface area contributed by atoms with Gasteiger partial charge in [0, 0.05) is 19.4 Å². The number of esters is 2. The lowest BCUT2D eigenvalue weighted by molar-refractivity contribution is -0.163. The summed E-state index contributed by atoms with van der Waals surface area (Å²) in [5, 5.41) is 0. The second-order valence-electron chi connectivity index (χ2n) is 17.4. The van der Waals surface area contributed by atoms with Crippen LogP contribution in [0.25, 0.3) is 0 Å². The van der Waals surface area contributed by atoms with Crippen molar-refractivity contribution in [2.45, 2.75) is 284 Å². The highest BCUT2D eigenvalue weighted by Gasteiger charge is 2.17. The zero-order valence-electron chi connectivity index (χ0n) is 39.3. The number of unbranched alkanes of at least 4 members (excludes halogenated alkanes) is 33. The Hall–Kier alpha value is -1.62. The van der Waals surface area contributed by atoms with Crippen molar-refractivity contribution in [2.75, 3.05) is 19.8 Å². The average Bonchev–Trinajstić information content (AvgIpc) is 3.22. The molecule has 0 N–H and O–H groups in total. The van der Waals surface area contributed by atoms with E-state index in [0.29, 0.717) is 19.4 Å². The van der Waals surface area contributed by atoms with E-state index in [1.54, 1.807) is 0 Å². The Balaban J connectivity index is 4.21. The standard InChI is InChI=1S/C53H100O5/c1-4-7-10-13-16-19-22-24-26-28-30-33-36-39-42-45-48-56-49-51(58-53(55)47-44-41-38-35-31-21-18-15-12-9-6-3)50-57-52(54)46-43-40-37-34-32-29-27-25-23-20-17-14-11-8-5-2/h15,18,25,27,51H,4-14,16-17,19-24,26,28-50H2,1-3H3/b18-15-,27-25-/t51-/m1/s1. The highest BCUT2D eigenvalue weighted by Crippen LogP contribution is 2.15. The van der Waals surface area contributed by atoms with E-state index < -0.39 is 6.10 Å². The summed E-state index contributed by atoms with van der Waals surface area (Å²) in [4.78, 5) is 25.3. The van der Waals surface area contributed by atoms with Gasteiger partial charge in [-0.2, -0.15) is 0 Å². The van der Waals surface area contributed by atoms with Crippen LogP contribution in [0.4, 0.5) is 0 Å². The molecule has 0 rings (SSSR count). The molecule has 0 aliphatic carbocycles. The Morgan fingerprint density at radius 2 is 0.690 bits per heavy atom. The van der Waals surface area contributed by atoms with Crippen LogP contribution < -0.4 is 0 Å². The summed E-state index contributed by atoms with van der Waals surface area (Å²) < 4.78 is 17.4. The average molecular weight is 817 g/mol. The quantitative estimate of drug-likeness (QED) is 0.0348. The van der Waals surface area contributed by atoms with Gasteiger partial charge in [-0.3, -0.25) is 9.59 Å². The molecule has 0 bridgehead atoms. The van der Waals surface area contributed by atoms with Gasteiger partial charge < -0.3 is 14.2 Å². The number of allylic oxidation sites excluding steroid dienone is 4. The minimum absolute atomic E-state index is 0.0837. The monoisotopic (exact) mass is 817 g/mol. The van der Waals surface area contributed by atoms with Gasteiger partial charge in [0.2, 0.25) is 0 Å². The summed E-state index contributed by atoms with van der Waals surface area (Å²) >= 11 is 0. The van der Waals surface area contributed by atoms with Gasteiger partial charge >= 0.3 is 11.9 Å². The van der Waals surface area contributed by atoms with Crippen LogP contribution in [0.15, 0.2) is 24.3 Å². The van der Waals surface area contributed by atoms with Crippen LogP contribution >= 0.6 is 0 Å². The van der Waals surface area contributed by atoms with Crippen molar-refractivity contribution in [1.82, 2.24) is 0 Å². The van der Waals surface area contributed by atoms with Gasteiger partial charge in [0.05, 0.1) is 6.61 Å². The first-order valence-electron chi connectivity index (χ1n) is 25.9. The van der Waals surface area contributed by atoms with E-state index >= 15 is 0 Å². The van der Waals surface area contributed by atoms with Crippen LogP contribution in [0.2, 0.25) is 0 Å². The SMILES string of the molecule is CCCC/C=C\CCCCCCCC(=O)O[C@H](COCCCCCCCCCCCCCCCCCC)COC(=O)CCCCCCC/C=C\CCCCCCCC. The van der Waals surface area contributed by atoms with Gasteiger partial charge in [0.15, 0.2) is 6.10 Å². The van der Waals surface area contributed by atoms with E-state index in [-0.39, 0.29) is 25.2 Å². The van der Waals surface area contributed by atoms with Crippen LogP contribution in [0.5, 0.6) is 0 Å². The molecule has 0 saturated carbocycles. The second kappa shape index (κ2) is 49.7. The molecule has 5 nitrogen and oxygen atoms in total. The molecule has 0 aliphatic rings. The molecule has 0 unspecified atom stereocenters. The zero-order valence-corrected chi connectivity index (χ0v) is 39.3. The van der Waals surface area contributed by atoms with Gasteiger partial charge in [0.1, 0.15) is 6.61 Å². The predicted octanol–water partition coefficient (Wildman–Crippen LogP) is 17.2. The van der Waals surface area contributed by atoms with Crippen LogP contribution in [0.1, 0.15) is 278 Å². The minimum atomic E-state index is -0.536. The fraction of sp³-hybridized carbons (Fsp3) is 0.887. The summed E-state index contributed by atoms with van der Waals surface area (Å²) in [6.45, 7) is 7.82. The van der Waals surface area contributed by atoms with Crippen molar-refractivity contribution in [3.8, 4) is 0 Å². The molecule has 0 aromatic heterocycles. The van der Waals surface area contributed by atoms with Gasteiger partial charge in [0.25, 0.3) is 0 Å². The number of ether oxygens (including phenoxy) is 3. The van der Waals surface area contributed by atoms with Crippen molar-refractivity contribution in [2.24, 2.45) is 0 Å². The van der Waals surface area contributed by atoms with Crippen LogP contribution in [-0.2, 0) is 23.8 Å². The predicted molar refractivity (Wildman–Crippen MR) is 252 cm³/mol. The number of rotatable bonds is 48. The van der Waals surface area contributed by atoms with E-state index in [1.807, 2.05) is 0 Å². The molecule has 1 atom stereocenters. The van der Waals surface area contributed by atoms with Crippen molar-refractivity contribution < 1.29 is 23.8 Å². The summed E-state index contributed by atoms with van der Waals surface area (Å²) in [6.07, 6.45) is 57.5. The zero-order chi connectivity index (χ0) is 42.1. The molecule has 0 radical (unpaired) electrons. The van der Waals surface area contributed by atoms with Gasteiger partial charge in [-0.25, -0.2) is 0 Å². The fourth-order valence-corrected chi connectivity index (χ4v) is 7.55. The van der Waals surface area contributed by atoms with Crippen molar-refractivity contribution in [1.29, 1.82) is 0 Å². The lowest BCUT2D eigenvalue weighted by Crippen LogP contribution is -2.30.